The van der Waals surface area contributed by atoms with Crippen LogP contribution in [0.2, 0.25) is 5.15 Å². The van der Waals surface area contributed by atoms with Gasteiger partial charge in [-0.15, -0.1) is 0 Å². The first-order valence-electron chi connectivity index (χ1n) is 2.88. The summed E-state index contributed by atoms with van der Waals surface area (Å²) in [5.74, 6) is 0.504. The summed E-state index contributed by atoms with van der Waals surface area (Å²) in [4.78, 5) is 7.93. The van der Waals surface area contributed by atoms with Gasteiger partial charge in [-0.05, 0) is 6.26 Å². The van der Waals surface area contributed by atoms with Crippen molar-refractivity contribution >= 4 is 23.4 Å². The van der Waals surface area contributed by atoms with Gasteiger partial charge in [-0.1, -0.05) is 23.4 Å². The van der Waals surface area contributed by atoms with E-state index in [4.69, 9.17) is 16.3 Å². The van der Waals surface area contributed by atoms with Gasteiger partial charge in [-0.25, -0.2) is 9.97 Å². The minimum atomic E-state index is 0.354. The molecule has 1 aromatic heterocycles. The first kappa shape index (κ1) is 8.62. The molecule has 0 aliphatic rings. The Hall–Kier alpha value is -0.480. The molecule has 0 aliphatic heterocycles. The predicted octanol–water partition coefficient (Wildman–Crippen LogP) is 1.86. The fraction of sp³-hybridized carbons (Fsp3) is 0.333. The van der Waals surface area contributed by atoms with E-state index in [2.05, 4.69) is 9.97 Å². The van der Waals surface area contributed by atoms with Crippen LogP contribution in [0.15, 0.2) is 11.4 Å². The summed E-state index contributed by atoms with van der Waals surface area (Å²) in [6, 6.07) is 0. The predicted molar refractivity (Wildman–Crippen MR) is 45.4 cm³/mol. The average Bonchev–Trinajstić information content (AvgIpc) is 2.04. The van der Waals surface area contributed by atoms with Crippen LogP contribution in [0, 0.1) is 0 Å². The molecule has 0 spiro atoms. The Labute approximate surface area is 74.1 Å². The van der Waals surface area contributed by atoms with Gasteiger partial charge in [0.25, 0.3) is 0 Å². The van der Waals surface area contributed by atoms with Crippen LogP contribution in [0.5, 0.6) is 5.75 Å². The van der Waals surface area contributed by atoms with Crippen LogP contribution < -0.4 is 4.74 Å². The highest BCUT2D eigenvalue weighted by Gasteiger charge is 2.02. The first-order chi connectivity index (χ1) is 5.27. The molecule has 0 saturated heterocycles. The zero-order valence-electron chi connectivity index (χ0n) is 6.17. The number of nitrogens with zero attached hydrogens (tertiary/aromatic N) is 2. The molecule has 60 valence electrons. The molecule has 0 saturated carbocycles. The fourth-order valence-corrected chi connectivity index (χ4v) is 1.17. The number of hydrogen-bond acceptors (Lipinski definition) is 4. The monoisotopic (exact) mass is 190 g/mol. The third-order valence-electron chi connectivity index (χ3n) is 1.09. The van der Waals surface area contributed by atoms with Gasteiger partial charge in [0.05, 0.1) is 13.3 Å². The highest BCUT2D eigenvalue weighted by molar-refractivity contribution is 7.98. The summed E-state index contributed by atoms with van der Waals surface area (Å²) < 4.78 is 4.88. The van der Waals surface area contributed by atoms with Gasteiger partial charge in [-0.2, -0.15) is 0 Å². The molecule has 1 rings (SSSR count). The summed E-state index contributed by atoms with van der Waals surface area (Å²) in [6.45, 7) is 0. The Kier molecular flexibility index (Phi) is 2.96. The zero-order valence-corrected chi connectivity index (χ0v) is 7.74. The molecule has 0 bridgehead atoms. The van der Waals surface area contributed by atoms with E-state index in [0.29, 0.717) is 16.1 Å². The van der Waals surface area contributed by atoms with Crippen molar-refractivity contribution in [1.29, 1.82) is 0 Å². The molecular weight excluding hydrogens is 184 g/mol. The summed E-state index contributed by atoms with van der Waals surface area (Å²) in [6.07, 6.45) is 3.44. The first-order valence-corrected chi connectivity index (χ1v) is 4.48. The van der Waals surface area contributed by atoms with E-state index in [1.54, 1.807) is 6.20 Å². The molecule has 0 aliphatic carbocycles. The highest BCUT2D eigenvalue weighted by atomic mass is 35.5. The maximum Gasteiger partial charge on any atom is 0.188 e. The minimum Gasteiger partial charge on any atom is -0.492 e. The molecule has 0 radical (unpaired) electrons. The number of methoxy groups -OCH3 is 1. The number of thioether (sulfide) groups is 1. The SMILES string of the molecule is COc1cnc(SC)nc1Cl. The van der Waals surface area contributed by atoms with E-state index in [0.717, 1.165) is 0 Å². The maximum atomic E-state index is 5.72. The molecule has 5 heteroatoms. The van der Waals surface area contributed by atoms with Crippen molar-refractivity contribution in [2.45, 2.75) is 5.16 Å². The van der Waals surface area contributed by atoms with E-state index in [1.165, 1.54) is 18.9 Å². The van der Waals surface area contributed by atoms with Gasteiger partial charge < -0.3 is 4.74 Å². The molecule has 0 unspecified atom stereocenters. The molecule has 0 atom stereocenters. The highest BCUT2D eigenvalue weighted by Crippen LogP contribution is 2.22. The van der Waals surface area contributed by atoms with Crippen molar-refractivity contribution in [3.8, 4) is 5.75 Å². The van der Waals surface area contributed by atoms with Crippen LogP contribution in [0.25, 0.3) is 0 Å². The summed E-state index contributed by atoms with van der Waals surface area (Å²) in [7, 11) is 1.53. The van der Waals surface area contributed by atoms with Crippen LogP contribution in [0.1, 0.15) is 0 Å². The van der Waals surface area contributed by atoms with E-state index < -0.39 is 0 Å². The van der Waals surface area contributed by atoms with E-state index in [1.807, 2.05) is 6.26 Å². The third kappa shape index (κ3) is 1.97. The lowest BCUT2D eigenvalue weighted by Crippen LogP contribution is -1.90. The molecule has 0 aromatic carbocycles. The molecule has 1 heterocycles. The Morgan fingerprint density at radius 3 is 2.82 bits per heavy atom. The Morgan fingerprint density at radius 1 is 1.64 bits per heavy atom. The van der Waals surface area contributed by atoms with Crippen molar-refractivity contribution in [2.24, 2.45) is 0 Å². The lowest BCUT2D eigenvalue weighted by molar-refractivity contribution is 0.409. The Bertz CT molecular complexity index is 256. The molecular formula is C6H7ClN2OS. The number of halogens is 1. The van der Waals surface area contributed by atoms with E-state index >= 15 is 0 Å². The Morgan fingerprint density at radius 2 is 2.36 bits per heavy atom. The fourth-order valence-electron chi connectivity index (χ4n) is 0.570. The minimum absolute atomic E-state index is 0.354. The third-order valence-corrected chi connectivity index (χ3v) is 1.92. The topological polar surface area (TPSA) is 35.0 Å². The van der Waals surface area contributed by atoms with Crippen LogP contribution in [0.4, 0.5) is 0 Å². The summed E-state index contributed by atoms with van der Waals surface area (Å²) >= 11 is 7.16. The average molecular weight is 191 g/mol. The van der Waals surface area contributed by atoms with Gasteiger partial charge in [0.2, 0.25) is 0 Å². The van der Waals surface area contributed by atoms with Crippen molar-refractivity contribution in [3.05, 3.63) is 11.3 Å². The number of aromatic nitrogens is 2. The van der Waals surface area contributed by atoms with Gasteiger partial charge in [0.15, 0.2) is 16.1 Å². The van der Waals surface area contributed by atoms with Gasteiger partial charge in [0, 0.05) is 0 Å². The normalized spacial score (nSPS) is 9.73. The van der Waals surface area contributed by atoms with Crippen molar-refractivity contribution in [1.82, 2.24) is 9.97 Å². The molecule has 0 amide bonds. The molecule has 0 N–H and O–H groups in total. The lowest BCUT2D eigenvalue weighted by Gasteiger charge is -2.00. The Balaban J connectivity index is 2.99. The quantitative estimate of drug-likeness (QED) is 0.405. The van der Waals surface area contributed by atoms with Crippen LogP contribution in [-0.4, -0.2) is 23.3 Å². The van der Waals surface area contributed by atoms with Gasteiger partial charge in [0.1, 0.15) is 0 Å². The number of hydrogen-bond donors (Lipinski definition) is 0. The molecule has 1 aromatic rings. The maximum absolute atomic E-state index is 5.72. The van der Waals surface area contributed by atoms with E-state index in [9.17, 15) is 0 Å². The smallest absolute Gasteiger partial charge is 0.188 e. The second-order valence-electron chi connectivity index (χ2n) is 1.72. The summed E-state index contributed by atoms with van der Waals surface area (Å²) in [5.41, 5.74) is 0. The zero-order chi connectivity index (χ0) is 8.27. The summed E-state index contributed by atoms with van der Waals surface area (Å²) in [5, 5.41) is 1.00. The van der Waals surface area contributed by atoms with Crippen LogP contribution in [0.3, 0.4) is 0 Å². The van der Waals surface area contributed by atoms with Crippen molar-refractivity contribution in [2.75, 3.05) is 13.4 Å². The number of ether oxygens (including phenoxy) is 1. The molecule has 3 nitrogen and oxygen atoms in total. The molecule has 0 fully saturated rings. The molecule has 11 heavy (non-hydrogen) atoms. The van der Waals surface area contributed by atoms with Crippen LogP contribution in [-0.2, 0) is 0 Å². The van der Waals surface area contributed by atoms with E-state index in [-0.39, 0.29) is 0 Å². The van der Waals surface area contributed by atoms with Crippen molar-refractivity contribution < 1.29 is 4.74 Å². The second kappa shape index (κ2) is 3.78. The number of rotatable bonds is 2. The van der Waals surface area contributed by atoms with Crippen molar-refractivity contribution in [3.63, 3.8) is 0 Å². The largest absolute Gasteiger partial charge is 0.492 e. The standard InChI is InChI=1S/C6H7ClN2OS/c1-10-4-3-8-6(11-2)9-5(4)7/h3H,1-2H3. The van der Waals surface area contributed by atoms with Gasteiger partial charge in [-0.3, -0.25) is 0 Å². The van der Waals surface area contributed by atoms with Crippen LogP contribution >= 0.6 is 23.4 Å². The second-order valence-corrected chi connectivity index (χ2v) is 2.85. The lowest BCUT2D eigenvalue weighted by atomic mass is 10.6. The van der Waals surface area contributed by atoms with Gasteiger partial charge >= 0.3 is 0 Å².